The van der Waals surface area contributed by atoms with Crippen LogP contribution in [0.15, 0.2) is 54.6 Å². The van der Waals surface area contributed by atoms with Crippen LogP contribution in [-0.4, -0.2) is 42.4 Å². The average molecular weight is 345 g/mol. The molecule has 0 saturated carbocycles. The Morgan fingerprint density at radius 2 is 1.67 bits per heavy atom. The van der Waals surface area contributed by atoms with E-state index in [9.17, 15) is 5.11 Å². The highest BCUT2D eigenvalue weighted by Gasteiger charge is 2.23. The van der Waals surface area contributed by atoms with Crippen molar-refractivity contribution in [2.45, 2.75) is 25.0 Å². The minimum Gasteiger partial charge on any atom is -0.378 e. The smallest absolute Gasteiger partial charge is 0.108 e. The van der Waals surface area contributed by atoms with Crippen LogP contribution in [0.2, 0.25) is 5.02 Å². The Labute approximate surface area is 149 Å². The predicted molar refractivity (Wildman–Crippen MR) is 99.4 cm³/mol. The minimum absolute atomic E-state index is 0.273. The summed E-state index contributed by atoms with van der Waals surface area (Å²) < 4.78 is 0. The highest BCUT2D eigenvalue weighted by Crippen LogP contribution is 2.28. The molecule has 1 heterocycles. The van der Waals surface area contributed by atoms with Crippen molar-refractivity contribution < 1.29 is 5.11 Å². The first-order valence-electron chi connectivity index (χ1n) is 8.64. The molecule has 2 atom stereocenters. The van der Waals surface area contributed by atoms with E-state index in [2.05, 4.69) is 46.6 Å². The lowest BCUT2D eigenvalue weighted by molar-refractivity contribution is -0.0139. The van der Waals surface area contributed by atoms with Gasteiger partial charge in [0.25, 0.3) is 0 Å². The molecule has 0 aromatic heterocycles. The van der Waals surface area contributed by atoms with E-state index < -0.39 is 6.23 Å². The zero-order valence-corrected chi connectivity index (χ0v) is 14.6. The van der Waals surface area contributed by atoms with E-state index in [-0.39, 0.29) is 5.92 Å². The van der Waals surface area contributed by atoms with Crippen molar-refractivity contribution in [3.05, 3.63) is 70.7 Å². The maximum Gasteiger partial charge on any atom is 0.108 e. The van der Waals surface area contributed by atoms with Crippen molar-refractivity contribution in [1.29, 1.82) is 0 Å². The molecule has 0 spiro atoms. The van der Waals surface area contributed by atoms with Gasteiger partial charge < -0.3 is 10.4 Å². The number of hydrogen-bond donors (Lipinski definition) is 2. The normalized spacial score (nSPS) is 18.2. The van der Waals surface area contributed by atoms with Gasteiger partial charge in [0.05, 0.1) is 0 Å². The Hall–Kier alpha value is -1.39. The van der Waals surface area contributed by atoms with Gasteiger partial charge in [-0.2, -0.15) is 0 Å². The van der Waals surface area contributed by atoms with Gasteiger partial charge in [0, 0.05) is 31.2 Å². The Morgan fingerprint density at radius 1 is 1.00 bits per heavy atom. The van der Waals surface area contributed by atoms with Gasteiger partial charge in [-0.25, -0.2) is 0 Å². The van der Waals surface area contributed by atoms with E-state index in [1.807, 2.05) is 18.2 Å². The third-order valence-corrected chi connectivity index (χ3v) is 4.99. The number of aliphatic hydroxyl groups is 1. The fourth-order valence-corrected chi connectivity index (χ4v) is 3.48. The first-order chi connectivity index (χ1) is 11.7. The van der Waals surface area contributed by atoms with Crippen molar-refractivity contribution in [1.82, 2.24) is 10.2 Å². The van der Waals surface area contributed by atoms with Gasteiger partial charge in [0.1, 0.15) is 6.23 Å². The average Bonchev–Trinajstić information content (AvgIpc) is 2.63. The number of piperazine rings is 1. The first kappa shape index (κ1) is 17.4. The molecule has 128 valence electrons. The second kappa shape index (κ2) is 8.63. The molecule has 0 bridgehead atoms. The molecular weight excluding hydrogens is 320 g/mol. The lowest BCUT2D eigenvalue weighted by Gasteiger charge is -2.33. The SMILES string of the molecule is OC(CC(Cc1ccccc1)c1ccc(Cl)cc1)N1CCNCC1. The van der Waals surface area contributed by atoms with Crippen molar-refractivity contribution in [2.75, 3.05) is 26.2 Å². The fourth-order valence-electron chi connectivity index (χ4n) is 3.35. The van der Waals surface area contributed by atoms with Crippen LogP contribution in [0.4, 0.5) is 0 Å². The van der Waals surface area contributed by atoms with Gasteiger partial charge in [-0.3, -0.25) is 4.90 Å². The lowest BCUT2D eigenvalue weighted by Crippen LogP contribution is -2.48. The van der Waals surface area contributed by atoms with Crippen LogP contribution in [0.5, 0.6) is 0 Å². The Kier molecular flexibility index (Phi) is 6.27. The third-order valence-electron chi connectivity index (χ3n) is 4.73. The van der Waals surface area contributed by atoms with Crippen molar-refractivity contribution in [2.24, 2.45) is 0 Å². The van der Waals surface area contributed by atoms with Crippen LogP contribution in [0, 0.1) is 0 Å². The van der Waals surface area contributed by atoms with Gasteiger partial charge in [0.15, 0.2) is 0 Å². The topological polar surface area (TPSA) is 35.5 Å². The van der Waals surface area contributed by atoms with Crippen LogP contribution in [-0.2, 0) is 6.42 Å². The lowest BCUT2D eigenvalue weighted by atomic mass is 9.88. The molecule has 2 N–H and O–H groups in total. The van der Waals surface area contributed by atoms with E-state index in [1.54, 1.807) is 0 Å². The number of halogens is 1. The number of nitrogens with zero attached hydrogens (tertiary/aromatic N) is 1. The summed E-state index contributed by atoms with van der Waals surface area (Å²) in [5, 5.41) is 14.8. The van der Waals surface area contributed by atoms with Crippen LogP contribution < -0.4 is 5.32 Å². The maximum atomic E-state index is 10.7. The van der Waals surface area contributed by atoms with E-state index >= 15 is 0 Å². The van der Waals surface area contributed by atoms with Gasteiger partial charge in [-0.15, -0.1) is 0 Å². The molecule has 3 rings (SSSR count). The number of benzene rings is 2. The molecule has 0 amide bonds. The zero-order chi connectivity index (χ0) is 16.8. The number of nitrogens with one attached hydrogen (secondary N) is 1. The summed E-state index contributed by atoms with van der Waals surface area (Å²) in [5.41, 5.74) is 2.53. The van der Waals surface area contributed by atoms with Crippen molar-refractivity contribution in [3.8, 4) is 0 Å². The standard InChI is InChI=1S/C20H25ClN2O/c21-19-8-6-17(7-9-19)18(14-16-4-2-1-3-5-16)15-20(24)23-12-10-22-11-13-23/h1-9,18,20,22,24H,10-15H2. The number of hydrogen-bond acceptors (Lipinski definition) is 3. The first-order valence-corrected chi connectivity index (χ1v) is 9.02. The molecule has 1 saturated heterocycles. The molecular formula is C20H25ClN2O. The largest absolute Gasteiger partial charge is 0.378 e. The second-order valence-electron chi connectivity index (χ2n) is 6.44. The molecule has 2 unspecified atom stereocenters. The molecule has 0 radical (unpaired) electrons. The molecule has 2 aromatic rings. The quantitative estimate of drug-likeness (QED) is 0.844. The molecule has 1 aliphatic rings. The summed E-state index contributed by atoms with van der Waals surface area (Å²) in [4.78, 5) is 2.17. The molecule has 1 aliphatic heterocycles. The molecule has 24 heavy (non-hydrogen) atoms. The van der Waals surface area contributed by atoms with Crippen molar-refractivity contribution in [3.63, 3.8) is 0 Å². The highest BCUT2D eigenvalue weighted by molar-refractivity contribution is 6.30. The monoisotopic (exact) mass is 344 g/mol. The van der Waals surface area contributed by atoms with Gasteiger partial charge in [-0.1, -0.05) is 54.1 Å². The molecule has 4 heteroatoms. The molecule has 0 aliphatic carbocycles. The zero-order valence-electron chi connectivity index (χ0n) is 13.9. The fraction of sp³-hybridized carbons (Fsp3) is 0.400. The highest BCUT2D eigenvalue weighted by atomic mass is 35.5. The summed E-state index contributed by atoms with van der Waals surface area (Å²) in [6.45, 7) is 3.70. The van der Waals surface area contributed by atoms with Crippen LogP contribution >= 0.6 is 11.6 Å². The van der Waals surface area contributed by atoms with Gasteiger partial charge in [0.2, 0.25) is 0 Å². The molecule has 3 nitrogen and oxygen atoms in total. The van der Waals surface area contributed by atoms with E-state index in [1.165, 1.54) is 11.1 Å². The van der Waals surface area contributed by atoms with E-state index in [0.717, 1.165) is 44.0 Å². The minimum atomic E-state index is -0.406. The third kappa shape index (κ3) is 4.81. The Bertz CT molecular complexity index is 611. The number of rotatable bonds is 6. The predicted octanol–water partition coefficient (Wildman–Crippen LogP) is 3.28. The van der Waals surface area contributed by atoms with Crippen LogP contribution in [0.25, 0.3) is 0 Å². The Balaban J connectivity index is 1.74. The van der Waals surface area contributed by atoms with E-state index in [4.69, 9.17) is 11.6 Å². The van der Waals surface area contributed by atoms with Gasteiger partial charge >= 0.3 is 0 Å². The molecule has 1 fully saturated rings. The molecule has 2 aromatic carbocycles. The summed E-state index contributed by atoms with van der Waals surface area (Å²) in [6.07, 6.45) is 1.25. The Morgan fingerprint density at radius 3 is 2.33 bits per heavy atom. The summed E-state index contributed by atoms with van der Waals surface area (Å²) in [6, 6.07) is 18.5. The number of aliphatic hydroxyl groups excluding tert-OH is 1. The maximum absolute atomic E-state index is 10.7. The summed E-state index contributed by atoms with van der Waals surface area (Å²) in [5.74, 6) is 0.273. The van der Waals surface area contributed by atoms with Gasteiger partial charge in [-0.05, 0) is 42.0 Å². The van der Waals surface area contributed by atoms with E-state index in [0.29, 0.717) is 0 Å². The van der Waals surface area contributed by atoms with Crippen LogP contribution in [0.3, 0.4) is 0 Å². The van der Waals surface area contributed by atoms with Crippen LogP contribution in [0.1, 0.15) is 23.5 Å². The summed E-state index contributed by atoms with van der Waals surface area (Å²) in [7, 11) is 0. The summed E-state index contributed by atoms with van der Waals surface area (Å²) >= 11 is 6.04. The second-order valence-corrected chi connectivity index (χ2v) is 6.88. The van der Waals surface area contributed by atoms with Crippen molar-refractivity contribution >= 4 is 11.6 Å².